The van der Waals surface area contributed by atoms with Crippen LogP contribution in [-0.4, -0.2) is 36.5 Å². The van der Waals surface area contributed by atoms with E-state index in [1.807, 2.05) is 30.3 Å². The summed E-state index contributed by atoms with van der Waals surface area (Å²) in [5.41, 5.74) is 1.76. The van der Waals surface area contributed by atoms with Gasteiger partial charge in [-0.05, 0) is 48.9 Å². The average molecular weight is 436 g/mol. The van der Waals surface area contributed by atoms with Crippen LogP contribution in [0.5, 0.6) is 0 Å². The van der Waals surface area contributed by atoms with Crippen LogP contribution in [0, 0.1) is 6.92 Å². The molecule has 158 valence electrons. The zero-order chi connectivity index (χ0) is 22.2. The number of nitrogens with one attached hydrogen (secondary N) is 1. The summed E-state index contributed by atoms with van der Waals surface area (Å²) in [6.45, 7) is 1.30. The van der Waals surface area contributed by atoms with Crippen LogP contribution >= 0.6 is 11.8 Å². The van der Waals surface area contributed by atoms with Crippen molar-refractivity contribution in [2.45, 2.75) is 16.8 Å². The van der Waals surface area contributed by atoms with Gasteiger partial charge in [-0.1, -0.05) is 36.0 Å². The number of esters is 2. The van der Waals surface area contributed by atoms with Crippen LogP contribution in [0.25, 0.3) is 0 Å². The minimum atomic E-state index is -0.651. The molecule has 7 nitrogen and oxygen atoms in total. The molecule has 3 rings (SSSR count). The molecular weight excluding hydrogens is 416 g/mol. The SMILES string of the molecule is COC(=O)c1ccc(C)c(NC(=O)COC(=O)c2cccnc2Sc2ccccc2)c1. The number of aryl methyl sites for hydroxylation is 1. The highest BCUT2D eigenvalue weighted by molar-refractivity contribution is 7.99. The molecule has 8 heteroatoms. The lowest BCUT2D eigenvalue weighted by Gasteiger charge is -2.11. The van der Waals surface area contributed by atoms with Gasteiger partial charge in [0, 0.05) is 16.8 Å². The number of amides is 1. The lowest BCUT2D eigenvalue weighted by molar-refractivity contribution is -0.119. The molecular formula is C23H20N2O5S. The molecule has 0 saturated heterocycles. The molecule has 3 aromatic rings. The first kappa shape index (κ1) is 22.0. The fraction of sp³-hybridized carbons (Fsp3) is 0.130. The molecule has 0 saturated carbocycles. The number of nitrogens with zero attached hydrogens (tertiary/aromatic N) is 1. The summed E-state index contributed by atoms with van der Waals surface area (Å²) in [6, 6.07) is 17.5. The monoisotopic (exact) mass is 436 g/mol. The Hall–Kier alpha value is -3.65. The zero-order valence-electron chi connectivity index (χ0n) is 17.0. The molecule has 31 heavy (non-hydrogen) atoms. The molecule has 0 spiro atoms. The summed E-state index contributed by atoms with van der Waals surface area (Å²) >= 11 is 1.33. The van der Waals surface area contributed by atoms with E-state index >= 15 is 0 Å². The van der Waals surface area contributed by atoms with Crippen molar-refractivity contribution in [3.63, 3.8) is 0 Å². The third kappa shape index (κ3) is 5.93. The molecule has 0 aliphatic rings. The lowest BCUT2D eigenvalue weighted by atomic mass is 10.1. The summed E-state index contributed by atoms with van der Waals surface area (Å²) in [7, 11) is 1.28. The van der Waals surface area contributed by atoms with Gasteiger partial charge in [0.15, 0.2) is 6.61 Å². The number of hydrogen-bond acceptors (Lipinski definition) is 7. The number of hydrogen-bond donors (Lipinski definition) is 1. The summed E-state index contributed by atoms with van der Waals surface area (Å²) in [5, 5.41) is 3.13. The second kappa shape index (κ2) is 10.4. The van der Waals surface area contributed by atoms with Crippen molar-refractivity contribution in [1.29, 1.82) is 0 Å². The molecule has 1 aromatic heterocycles. The highest BCUT2D eigenvalue weighted by Crippen LogP contribution is 2.28. The standard InChI is InChI=1S/C23H20N2O5S/c1-15-10-11-16(22(27)29-2)13-19(15)25-20(26)14-30-23(28)18-9-6-12-24-21(18)31-17-7-4-3-5-8-17/h3-13H,14H2,1-2H3,(H,25,26). The largest absolute Gasteiger partial charge is 0.465 e. The molecule has 0 bridgehead atoms. The van der Waals surface area contributed by atoms with E-state index in [2.05, 4.69) is 15.0 Å². The molecule has 1 N–H and O–H groups in total. The third-order valence-corrected chi connectivity index (χ3v) is 5.24. The van der Waals surface area contributed by atoms with Gasteiger partial charge in [-0.25, -0.2) is 14.6 Å². The minimum absolute atomic E-state index is 0.271. The van der Waals surface area contributed by atoms with Crippen molar-refractivity contribution in [2.24, 2.45) is 0 Å². The van der Waals surface area contributed by atoms with Gasteiger partial charge in [0.2, 0.25) is 0 Å². The zero-order valence-corrected chi connectivity index (χ0v) is 17.8. The fourth-order valence-corrected chi connectivity index (χ4v) is 3.52. The predicted molar refractivity (Wildman–Crippen MR) is 116 cm³/mol. The Morgan fingerprint density at radius 1 is 1.00 bits per heavy atom. The molecule has 0 fully saturated rings. The van der Waals surface area contributed by atoms with Gasteiger partial charge in [0.25, 0.3) is 5.91 Å². The summed E-state index contributed by atoms with van der Waals surface area (Å²) in [5.74, 6) is -1.69. The lowest BCUT2D eigenvalue weighted by Crippen LogP contribution is -2.22. The molecule has 0 atom stereocenters. The molecule has 2 aromatic carbocycles. The highest BCUT2D eigenvalue weighted by atomic mass is 32.2. The van der Waals surface area contributed by atoms with Crippen LogP contribution in [0.2, 0.25) is 0 Å². The Morgan fingerprint density at radius 2 is 1.77 bits per heavy atom. The molecule has 0 radical (unpaired) electrons. The van der Waals surface area contributed by atoms with E-state index in [4.69, 9.17) is 4.74 Å². The number of carbonyl (C=O) groups is 3. The van der Waals surface area contributed by atoms with E-state index in [-0.39, 0.29) is 5.56 Å². The number of benzene rings is 2. The summed E-state index contributed by atoms with van der Waals surface area (Å²) in [4.78, 5) is 41.7. The number of ether oxygens (including phenoxy) is 2. The summed E-state index contributed by atoms with van der Waals surface area (Å²) < 4.78 is 9.87. The third-order valence-electron chi connectivity index (χ3n) is 4.22. The van der Waals surface area contributed by atoms with E-state index < -0.39 is 24.5 Å². The first-order chi connectivity index (χ1) is 15.0. The van der Waals surface area contributed by atoms with E-state index in [1.165, 1.54) is 24.9 Å². The van der Waals surface area contributed by atoms with Crippen LogP contribution in [0.1, 0.15) is 26.3 Å². The molecule has 0 unspecified atom stereocenters. The second-order valence-electron chi connectivity index (χ2n) is 6.42. The van der Waals surface area contributed by atoms with Gasteiger partial charge in [-0.3, -0.25) is 4.79 Å². The van der Waals surface area contributed by atoms with Gasteiger partial charge in [-0.2, -0.15) is 0 Å². The number of aromatic nitrogens is 1. The maximum absolute atomic E-state index is 12.5. The van der Waals surface area contributed by atoms with Gasteiger partial charge < -0.3 is 14.8 Å². The van der Waals surface area contributed by atoms with Crippen molar-refractivity contribution >= 4 is 35.3 Å². The van der Waals surface area contributed by atoms with E-state index in [1.54, 1.807) is 37.4 Å². The smallest absolute Gasteiger partial charge is 0.341 e. The van der Waals surface area contributed by atoms with Crippen molar-refractivity contribution < 1.29 is 23.9 Å². The van der Waals surface area contributed by atoms with Crippen LogP contribution in [0.4, 0.5) is 5.69 Å². The molecule has 1 heterocycles. The van der Waals surface area contributed by atoms with Crippen LogP contribution in [-0.2, 0) is 14.3 Å². The molecule has 1 amide bonds. The van der Waals surface area contributed by atoms with Crippen molar-refractivity contribution in [2.75, 3.05) is 19.0 Å². The Balaban J connectivity index is 1.64. The average Bonchev–Trinajstić information content (AvgIpc) is 2.79. The van der Waals surface area contributed by atoms with E-state index in [9.17, 15) is 14.4 Å². The van der Waals surface area contributed by atoms with Crippen LogP contribution in [0.3, 0.4) is 0 Å². The molecule has 0 aliphatic heterocycles. The van der Waals surface area contributed by atoms with Crippen LogP contribution in [0.15, 0.2) is 76.8 Å². The predicted octanol–water partition coefficient (Wildman–Crippen LogP) is 4.12. The second-order valence-corrected chi connectivity index (χ2v) is 7.48. The topological polar surface area (TPSA) is 94.6 Å². The Labute approximate surface area is 183 Å². The number of anilines is 1. The fourth-order valence-electron chi connectivity index (χ4n) is 2.62. The maximum Gasteiger partial charge on any atom is 0.341 e. The number of pyridine rings is 1. The minimum Gasteiger partial charge on any atom is -0.465 e. The number of methoxy groups -OCH3 is 1. The van der Waals surface area contributed by atoms with Gasteiger partial charge >= 0.3 is 11.9 Å². The highest BCUT2D eigenvalue weighted by Gasteiger charge is 2.17. The molecule has 0 aliphatic carbocycles. The van der Waals surface area contributed by atoms with Crippen molar-refractivity contribution in [3.8, 4) is 0 Å². The van der Waals surface area contributed by atoms with Crippen LogP contribution < -0.4 is 5.32 Å². The van der Waals surface area contributed by atoms with Gasteiger partial charge in [-0.15, -0.1) is 0 Å². The van der Waals surface area contributed by atoms with Gasteiger partial charge in [0.1, 0.15) is 5.03 Å². The Bertz CT molecular complexity index is 1100. The first-order valence-corrected chi connectivity index (χ1v) is 10.1. The summed E-state index contributed by atoms with van der Waals surface area (Å²) in [6.07, 6.45) is 1.59. The quantitative estimate of drug-likeness (QED) is 0.557. The van der Waals surface area contributed by atoms with Crippen molar-refractivity contribution in [1.82, 2.24) is 4.98 Å². The normalized spacial score (nSPS) is 10.3. The number of carbonyl (C=O) groups excluding carboxylic acids is 3. The number of rotatable bonds is 7. The van der Waals surface area contributed by atoms with Crippen molar-refractivity contribution in [3.05, 3.63) is 83.6 Å². The maximum atomic E-state index is 12.5. The van der Waals surface area contributed by atoms with E-state index in [0.717, 1.165) is 10.5 Å². The van der Waals surface area contributed by atoms with E-state index in [0.29, 0.717) is 16.3 Å². The first-order valence-electron chi connectivity index (χ1n) is 9.32. The van der Waals surface area contributed by atoms with Gasteiger partial charge in [0.05, 0.1) is 18.2 Å². The Morgan fingerprint density at radius 3 is 2.52 bits per heavy atom. The Kier molecular flexibility index (Phi) is 7.40.